The van der Waals surface area contributed by atoms with Crippen molar-refractivity contribution in [1.82, 2.24) is 10.2 Å². The predicted molar refractivity (Wildman–Crippen MR) is 132 cm³/mol. The maximum atomic E-state index is 5.38. The van der Waals surface area contributed by atoms with E-state index in [1.807, 2.05) is 24.9 Å². The smallest absolute Gasteiger partial charge is 0.193 e. The van der Waals surface area contributed by atoms with Gasteiger partial charge in [0, 0.05) is 62.2 Å². The Hall–Kier alpha value is -2.34. The lowest BCUT2D eigenvalue weighted by Gasteiger charge is -2.24. The Balaban J connectivity index is 1.22. The maximum absolute atomic E-state index is 5.38. The molecule has 0 saturated carbocycles. The van der Waals surface area contributed by atoms with E-state index >= 15 is 0 Å². The number of thioether (sulfide) groups is 1. The van der Waals surface area contributed by atoms with Gasteiger partial charge in [-0.1, -0.05) is 24.3 Å². The maximum Gasteiger partial charge on any atom is 0.193 e. The lowest BCUT2D eigenvalue weighted by Crippen LogP contribution is -2.42. The quantitative estimate of drug-likeness (QED) is 0.398. The summed E-state index contributed by atoms with van der Waals surface area (Å²) in [6.45, 7) is 5.35. The molecule has 2 unspecified atom stereocenters. The van der Waals surface area contributed by atoms with Crippen LogP contribution < -0.4 is 15.0 Å². The van der Waals surface area contributed by atoms with Crippen molar-refractivity contribution in [2.75, 3.05) is 57.5 Å². The Morgan fingerprint density at radius 1 is 1.06 bits per heavy atom. The lowest BCUT2D eigenvalue weighted by molar-refractivity contribution is 0.415. The number of likely N-dealkylation sites (tertiary alicyclic amines) is 1. The molecule has 2 atom stereocenters. The summed E-state index contributed by atoms with van der Waals surface area (Å²) >= 11 is 1.97. The third-order valence-electron chi connectivity index (χ3n) is 6.28. The SMILES string of the molecule is CN=C(NCC1CCN(c2cccc(OC)c2)C1)N1CCC(CSc2ccccc2)C1. The van der Waals surface area contributed by atoms with Gasteiger partial charge in [-0.3, -0.25) is 4.99 Å². The Kier molecular flexibility index (Phi) is 7.62. The van der Waals surface area contributed by atoms with E-state index in [1.165, 1.54) is 29.2 Å². The molecule has 0 amide bonds. The Morgan fingerprint density at radius 3 is 2.71 bits per heavy atom. The topological polar surface area (TPSA) is 40.1 Å². The van der Waals surface area contributed by atoms with E-state index in [9.17, 15) is 0 Å². The van der Waals surface area contributed by atoms with Crippen LogP contribution in [0.4, 0.5) is 5.69 Å². The number of guanidine groups is 1. The minimum absolute atomic E-state index is 0.634. The van der Waals surface area contributed by atoms with Gasteiger partial charge in [-0.2, -0.15) is 0 Å². The molecule has 2 aromatic rings. The van der Waals surface area contributed by atoms with Crippen LogP contribution >= 0.6 is 11.8 Å². The van der Waals surface area contributed by atoms with Crippen LogP contribution in [-0.4, -0.2) is 63.5 Å². The van der Waals surface area contributed by atoms with Gasteiger partial charge in [-0.05, 0) is 48.9 Å². The van der Waals surface area contributed by atoms with E-state index in [2.05, 4.69) is 68.6 Å². The van der Waals surface area contributed by atoms with Crippen LogP contribution in [0.5, 0.6) is 5.75 Å². The average molecular weight is 439 g/mol. The summed E-state index contributed by atoms with van der Waals surface area (Å²) in [5.74, 6) is 4.52. The molecule has 4 rings (SSSR count). The highest BCUT2D eigenvalue weighted by Gasteiger charge is 2.27. The number of ether oxygens (including phenoxy) is 1. The van der Waals surface area contributed by atoms with E-state index in [-0.39, 0.29) is 0 Å². The van der Waals surface area contributed by atoms with Gasteiger partial charge in [0.15, 0.2) is 5.96 Å². The van der Waals surface area contributed by atoms with Gasteiger partial charge in [0.05, 0.1) is 7.11 Å². The number of aliphatic imine (C=N–C) groups is 1. The number of rotatable bonds is 7. The van der Waals surface area contributed by atoms with Crippen molar-refractivity contribution in [3.05, 3.63) is 54.6 Å². The van der Waals surface area contributed by atoms with Crippen LogP contribution in [0, 0.1) is 11.8 Å². The lowest BCUT2D eigenvalue weighted by atomic mass is 10.1. The molecule has 0 radical (unpaired) electrons. The van der Waals surface area contributed by atoms with Crippen LogP contribution in [0.15, 0.2) is 64.5 Å². The minimum Gasteiger partial charge on any atom is -0.497 e. The first kappa shape index (κ1) is 21.9. The Labute approximate surface area is 190 Å². The summed E-state index contributed by atoms with van der Waals surface area (Å²) in [6.07, 6.45) is 2.45. The zero-order valence-electron chi connectivity index (χ0n) is 18.7. The monoisotopic (exact) mass is 438 g/mol. The van der Waals surface area contributed by atoms with Gasteiger partial charge < -0.3 is 19.9 Å². The molecule has 2 aliphatic heterocycles. The number of anilines is 1. The highest BCUT2D eigenvalue weighted by molar-refractivity contribution is 7.99. The first-order valence-corrected chi connectivity index (χ1v) is 12.3. The van der Waals surface area contributed by atoms with Crippen molar-refractivity contribution in [2.24, 2.45) is 16.8 Å². The fraction of sp³-hybridized carbons (Fsp3) is 0.480. The third-order valence-corrected chi connectivity index (χ3v) is 7.52. The molecule has 166 valence electrons. The molecule has 1 N–H and O–H groups in total. The second kappa shape index (κ2) is 10.8. The summed E-state index contributed by atoms with van der Waals surface area (Å²) in [7, 11) is 3.64. The molecular weight excluding hydrogens is 404 g/mol. The molecule has 2 aliphatic rings. The standard InChI is InChI=1S/C25H34N4OS/c1-26-25(29-14-12-21(18-29)19-31-24-9-4-3-5-10-24)27-16-20-11-13-28(17-20)22-7-6-8-23(15-22)30-2/h3-10,15,20-21H,11-14,16-19H2,1-2H3,(H,26,27). The Bertz CT molecular complexity index is 860. The van der Waals surface area contributed by atoms with E-state index in [4.69, 9.17) is 4.74 Å². The zero-order chi connectivity index (χ0) is 21.5. The van der Waals surface area contributed by atoms with Crippen LogP contribution in [-0.2, 0) is 0 Å². The van der Waals surface area contributed by atoms with Crippen LogP contribution in [0.25, 0.3) is 0 Å². The van der Waals surface area contributed by atoms with Crippen molar-refractivity contribution in [2.45, 2.75) is 17.7 Å². The van der Waals surface area contributed by atoms with E-state index < -0.39 is 0 Å². The fourth-order valence-electron chi connectivity index (χ4n) is 4.50. The first-order chi connectivity index (χ1) is 15.2. The molecule has 31 heavy (non-hydrogen) atoms. The number of methoxy groups -OCH3 is 1. The molecule has 2 aromatic carbocycles. The number of benzene rings is 2. The largest absolute Gasteiger partial charge is 0.497 e. The second-order valence-electron chi connectivity index (χ2n) is 8.46. The summed E-state index contributed by atoms with van der Waals surface area (Å²) in [6, 6.07) is 19.1. The molecule has 2 saturated heterocycles. The minimum atomic E-state index is 0.634. The van der Waals surface area contributed by atoms with Gasteiger partial charge in [-0.25, -0.2) is 0 Å². The Morgan fingerprint density at radius 2 is 1.90 bits per heavy atom. The summed E-state index contributed by atoms with van der Waals surface area (Å²) in [4.78, 5) is 10.8. The molecule has 5 nitrogen and oxygen atoms in total. The molecule has 0 spiro atoms. The molecular formula is C25H34N4OS. The van der Waals surface area contributed by atoms with Crippen molar-refractivity contribution in [3.63, 3.8) is 0 Å². The van der Waals surface area contributed by atoms with Gasteiger partial charge in [0.25, 0.3) is 0 Å². The van der Waals surface area contributed by atoms with Crippen molar-refractivity contribution >= 4 is 23.4 Å². The summed E-state index contributed by atoms with van der Waals surface area (Å²) < 4.78 is 5.38. The van der Waals surface area contributed by atoms with Crippen LogP contribution in [0.3, 0.4) is 0 Å². The molecule has 0 aromatic heterocycles. The molecule has 2 heterocycles. The van der Waals surface area contributed by atoms with E-state index in [0.29, 0.717) is 5.92 Å². The van der Waals surface area contributed by atoms with Crippen LogP contribution in [0.1, 0.15) is 12.8 Å². The molecule has 2 fully saturated rings. The van der Waals surface area contributed by atoms with Gasteiger partial charge >= 0.3 is 0 Å². The number of hydrogen-bond acceptors (Lipinski definition) is 4. The third kappa shape index (κ3) is 5.88. The molecule has 0 bridgehead atoms. The second-order valence-corrected chi connectivity index (χ2v) is 9.55. The van der Waals surface area contributed by atoms with Crippen LogP contribution in [0.2, 0.25) is 0 Å². The van der Waals surface area contributed by atoms with Crippen molar-refractivity contribution in [1.29, 1.82) is 0 Å². The van der Waals surface area contributed by atoms with Gasteiger partial charge in [0.2, 0.25) is 0 Å². The van der Waals surface area contributed by atoms with Crippen molar-refractivity contribution in [3.8, 4) is 5.75 Å². The number of hydrogen-bond donors (Lipinski definition) is 1. The highest BCUT2D eigenvalue weighted by atomic mass is 32.2. The van der Waals surface area contributed by atoms with Gasteiger partial charge in [-0.15, -0.1) is 11.8 Å². The fourth-order valence-corrected chi connectivity index (χ4v) is 5.55. The summed E-state index contributed by atoms with van der Waals surface area (Å²) in [5.41, 5.74) is 1.25. The van der Waals surface area contributed by atoms with E-state index in [1.54, 1.807) is 7.11 Å². The van der Waals surface area contributed by atoms with E-state index in [0.717, 1.165) is 50.4 Å². The van der Waals surface area contributed by atoms with Gasteiger partial charge in [0.1, 0.15) is 5.75 Å². The molecule has 6 heteroatoms. The first-order valence-electron chi connectivity index (χ1n) is 11.3. The number of nitrogens with zero attached hydrogens (tertiary/aromatic N) is 3. The average Bonchev–Trinajstić information content (AvgIpc) is 3.49. The summed E-state index contributed by atoms with van der Waals surface area (Å²) in [5, 5.41) is 3.66. The highest BCUT2D eigenvalue weighted by Crippen LogP contribution is 2.28. The van der Waals surface area contributed by atoms with Crippen molar-refractivity contribution < 1.29 is 4.74 Å². The number of nitrogens with one attached hydrogen (secondary N) is 1. The predicted octanol–water partition coefficient (Wildman–Crippen LogP) is 4.21. The molecule has 0 aliphatic carbocycles. The zero-order valence-corrected chi connectivity index (χ0v) is 19.5. The normalized spacial score (nSPS) is 21.5.